The van der Waals surface area contributed by atoms with E-state index in [0.717, 1.165) is 12.3 Å². The van der Waals surface area contributed by atoms with Gasteiger partial charge in [0.15, 0.2) is 0 Å². The zero-order valence-corrected chi connectivity index (χ0v) is 12.5. The van der Waals surface area contributed by atoms with Crippen LogP contribution in [0.1, 0.15) is 30.6 Å². The third-order valence-corrected chi connectivity index (χ3v) is 4.46. The summed E-state index contributed by atoms with van der Waals surface area (Å²) in [7, 11) is 0. The van der Waals surface area contributed by atoms with Gasteiger partial charge < -0.3 is 10.0 Å². The number of aliphatic carboxylic acids is 1. The van der Waals surface area contributed by atoms with Gasteiger partial charge in [-0.1, -0.05) is 25.4 Å². The van der Waals surface area contributed by atoms with Gasteiger partial charge in [-0.25, -0.2) is 9.37 Å². The highest BCUT2D eigenvalue weighted by Crippen LogP contribution is 2.38. The van der Waals surface area contributed by atoms with Crippen LogP contribution in [0, 0.1) is 17.2 Å². The molecule has 1 aliphatic heterocycles. The van der Waals surface area contributed by atoms with Crippen molar-refractivity contribution in [2.45, 2.75) is 20.3 Å². The molecule has 0 spiro atoms. The molecule has 1 atom stereocenters. The number of nitrogens with zero attached hydrogens (tertiary/aromatic N) is 2. The van der Waals surface area contributed by atoms with E-state index in [1.54, 1.807) is 0 Å². The molecule has 0 radical (unpaired) electrons. The predicted molar refractivity (Wildman–Crippen MR) is 74.6 cm³/mol. The third kappa shape index (κ3) is 2.72. The zero-order chi connectivity index (χ0) is 15.8. The van der Waals surface area contributed by atoms with Crippen LogP contribution in [0.4, 0.5) is 4.39 Å². The normalized spacial score (nSPS) is 21.9. The second kappa shape index (κ2) is 5.60. The first-order valence-corrected chi connectivity index (χ1v) is 6.99. The van der Waals surface area contributed by atoms with Crippen molar-refractivity contribution in [2.24, 2.45) is 11.3 Å². The smallest absolute Gasteiger partial charge is 0.311 e. The molecule has 2 heterocycles. The summed E-state index contributed by atoms with van der Waals surface area (Å²) >= 11 is 5.82. The number of likely N-dealkylation sites (tertiary alicyclic amines) is 1. The van der Waals surface area contributed by atoms with Crippen LogP contribution < -0.4 is 0 Å². The van der Waals surface area contributed by atoms with Crippen molar-refractivity contribution in [3.8, 4) is 0 Å². The van der Waals surface area contributed by atoms with Crippen LogP contribution in [0.15, 0.2) is 12.3 Å². The monoisotopic (exact) mass is 314 g/mol. The number of carbonyl (C=O) groups excluding carboxylic acids is 1. The first kappa shape index (κ1) is 15.7. The standard InChI is InChI=1S/C14H16ClFN2O3/c1-8(2)14(13(20)21)3-4-18(7-14)12(19)10-5-9(16)6-17-11(10)15/h5-6,8H,3-4,7H2,1-2H3,(H,20,21). The van der Waals surface area contributed by atoms with Crippen LogP contribution >= 0.6 is 11.6 Å². The Kier molecular flexibility index (Phi) is 4.18. The van der Waals surface area contributed by atoms with E-state index in [9.17, 15) is 19.1 Å². The van der Waals surface area contributed by atoms with E-state index in [0.29, 0.717) is 13.0 Å². The maximum Gasteiger partial charge on any atom is 0.311 e. The maximum atomic E-state index is 13.2. The van der Waals surface area contributed by atoms with Gasteiger partial charge in [0, 0.05) is 13.1 Å². The number of halogens is 2. The SMILES string of the molecule is CC(C)C1(C(=O)O)CCN(C(=O)c2cc(F)cnc2Cl)C1. The van der Waals surface area contributed by atoms with E-state index in [4.69, 9.17) is 11.6 Å². The summed E-state index contributed by atoms with van der Waals surface area (Å²) in [5, 5.41) is 9.38. The number of amides is 1. The van der Waals surface area contributed by atoms with Crippen molar-refractivity contribution >= 4 is 23.5 Å². The van der Waals surface area contributed by atoms with Crippen LogP contribution in [0.25, 0.3) is 0 Å². The lowest BCUT2D eigenvalue weighted by atomic mass is 9.76. The molecule has 5 nitrogen and oxygen atoms in total. The van der Waals surface area contributed by atoms with Gasteiger partial charge in [-0.2, -0.15) is 0 Å². The van der Waals surface area contributed by atoms with Gasteiger partial charge in [0.2, 0.25) is 0 Å². The Morgan fingerprint density at radius 1 is 1.52 bits per heavy atom. The number of rotatable bonds is 3. The Morgan fingerprint density at radius 2 is 2.19 bits per heavy atom. The first-order valence-electron chi connectivity index (χ1n) is 6.61. The van der Waals surface area contributed by atoms with Gasteiger partial charge in [0.05, 0.1) is 17.2 Å². The quantitative estimate of drug-likeness (QED) is 0.870. The molecule has 2 rings (SSSR count). The highest BCUT2D eigenvalue weighted by Gasteiger charge is 2.48. The molecule has 1 N–H and O–H groups in total. The lowest BCUT2D eigenvalue weighted by Crippen LogP contribution is -2.40. The number of aromatic nitrogens is 1. The Hall–Kier alpha value is -1.69. The lowest BCUT2D eigenvalue weighted by Gasteiger charge is -2.28. The topological polar surface area (TPSA) is 70.5 Å². The molecular formula is C14H16ClFN2O3. The molecule has 0 bridgehead atoms. The number of hydrogen-bond acceptors (Lipinski definition) is 3. The molecular weight excluding hydrogens is 299 g/mol. The number of carboxylic acids is 1. The van der Waals surface area contributed by atoms with Gasteiger partial charge in [-0.15, -0.1) is 0 Å². The van der Waals surface area contributed by atoms with E-state index in [-0.39, 0.29) is 23.2 Å². The average Bonchev–Trinajstić information content (AvgIpc) is 2.87. The van der Waals surface area contributed by atoms with Crippen molar-refractivity contribution in [1.82, 2.24) is 9.88 Å². The van der Waals surface area contributed by atoms with Gasteiger partial charge in [0.1, 0.15) is 11.0 Å². The largest absolute Gasteiger partial charge is 0.481 e. The average molecular weight is 315 g/mol. The minimum absolute atomic E-state index is 0.0402. The highest BCUT2D eigenvalue weighted by atomic mass is 35.5. The fourth-order valence-electron chi connectivity index (χ4n) is 2.64. The molecule has 1 amide bonds. The number of carbonyl (C=O) groups is 2. The maximum absolute atomic E-state index is 13.2. The molecule has 21 heavy (non-hydrogen) atoms. The van der Waals surface area contributed by atoms with E-state index in [2.05, 4.69) is 4.98 Å². The summed E-state index contributed by atoms with van der Waals surface area (Å²) in [6.45, 7) is 4.03. The summed E-state index contributed by atoms with van der Waals surface area (Å²) in [4.78, 5) is 29.0. The Labute approximate surface area is 126 Å². The molecule has 1 unspecified atom stereocenters. The highest BCUT2D eigenvalue weighted by molar-refractivity contribution is 6.32. The summed E-state index contributed by atoms with van der Waals surface area (Å²) in [5.74, 6) is -2.18. The predicted octanol–water partition coefficient (Wildman–Crippen LogP) is 2.45. The van der Waals surface area contributed by atoms with Crippen molar-refractivity contribution in [1.29, 1.82) is 0 Å². The van der Waals surface area contributed by atoms with Gasteiger partial charge >= 0.3 is 5.97 Å². The van der Waals surface area contributed by atoms with E-state index >= 15 is 0 Å². The van der Waals surface area contributed by atoms with Gasteiger partial charge in [-0.3, -0.25) is 9.59 Å². The van der Waals surface area contributed by atoms with E-state index in [1.807, 2.05) is 13.8 Å². The molecule has 1 aromatic rings. The summed E-state index contributed by atoms with van der Waals surface area (Å²) in [5.41, 5.74) is -1.01. The molecule has 1 aliphatic rings. The Balaban J connectivity index is 2.27. The molecule has 1 fully saturated rings. The minimum atomic E-state index is -0.969. The number of carboxylic acid groups (broad SMARTS) is 1. The fraction of sp³-hybridized carbons (Fsp3) is 0.500. The van der Waals surface area contributed by atoms with Crippen LogP contribution in [0.3, 0.4) is 0 Å². The molecule has 1 aromatic heterocycles. The van der Waals surface area contributed by atoms with Crippen LogP contribution in [0.5, 0.6) is 0 Å². The van der Waals surface area contributed by atoms with Crippen molar-refractivity contribution in [2.75, 3.05) is 13.1 Å². The third-order valence-electron chi connectivity index (χ3n) is 4.16. The van der Waals surface area contributed by atoms with Crippen molar-refractivity contribution in [3.63, 3.8) is 0 Å². The molecule has 0 aliphatic carbocycles. The van der Waals surface area contributed by atoms with Crippen LogP contribution in [0.2, 0.25) is 5.15 Å². The molecule has 1 saturated heterocycles. The molecule has 114 valence electrons. The molecule has 7 heteroatoms. The second-order valence-corrected chi connectivity index (χ2v) is 5.94. The summed E-state index contributed by atoms with van der Waals surface area (Å²) in [6.07, 6.45) is 1.30. The first-order chi connectivity index (χ1) is 9.78. The second-order valence-electron chi connectivity index (χ2n) is 5.58. The van der Waals surface area contributed by atoms with Crippen LogP contribution in [-0.2, 0) is 4.79 Å². The van der Waals surface area contributed by atoms with Gasteiger partial charge in [-0.05, 0) is 18.4 Å². The number of pyridine rings is 1. The Bertz CT molecular complexity index is 594. The van der Waals surface area contributed by atoms with Gasteiger partial charge in [0.25, 0.3) is 5.91 Å². The van der Waals surface area contributed by atoms with Crippen LogP contribution in [-0.4, -0.2) is 40.0 Å². The lowest BCUT2D eigenvalue weighted by molar-refractivity contribution is -0.150. The summed E-state index contributed by atoms with van der Waals surface area (Å²) < 4.78 is 13.2. The van der Waals surface area contributed by atoms with E-state index < -0.39 is 23.1 Å². The fourth-order valence-corrected chi connectivity index (χ4v) is 2.83. The van der Waals surface area contributed by atoms with Crippen molar-refractivity contribution < 1.29 is 19.1 Å². The molecule has 0 saturated carbocycles. The number of hydrogen-bond donors (Lipinski definition) is 1. The van der Waals surface area contributed by atoms with E-state index in [1.165, 1.54) is 4.90 Å². The van der Waals surface area contributed by atoms with Crippen molar-refractivity contribution in [3.05, 3.63) is 28.8 Å². The summed E-state index contributed by atoms with van der Waals surface area (Å²) in [6, 6.07) is 1.02. The zero-order valence-electron chi connectivity index (χ0n) is 11.8. The Morgan fingerprint density at radius 3 is 2.71 bits per heavy atom. The molecule has 0 aromatic carbocycles. The minimum Gasteiger partial charge on any atom is -0.481 e.